The van der Waals surface area contributed by atoms with Gasteiger partial charge in [0.1, 0.15) is 5.57 Å². The Hall–Kier alpha value is -1.99. The number of halogens is 5. The summed E-state index contributed by atoms with van der Waals surface area (Å²) in [5.41, 5.74) is -1.68. The van der Waals surface area contributed by atoms with E-state index >= 15 is 0 Å². The number of rotatable bonds is 2. The first kappa shape index (κ1) is 12.5. The standard InChI is InChI=1S/C10H6F5N3/c11-9(12)6(10(13,14)15)5-7-16-8-3-1-2-4-18(8)17-7/h1-5,9H. The van der Waals surface area contributed by atoms with Crippen LogP contribution in [0.3, 0.4) is 0 Å². The van der Waals surface area contributed by atoms with Crippen LogP contribution in [0.5, 0.6) is 0 Å². The Morgan fingerprint density at radius 3 is 2.56 bits per heavy atom. The largest absolute Gasteiger partial charge is 0.418 e. The molecular formula is C10H6F5N3. The molecule has 0 saturated carbocycles. The highest BCUT2D eigenvalue weighted by atomic mass is 19.4. The third kappa shape index (κ3) is 2.47. The van der Waals surface area contributed by atoms with Crippen LogP contribution in [0.25, 0.3) is 11.7 Å². The van der Waals surface area contributed by atoms with E-state index in [1.165, 1.54) is 16.8 Å². The number of hydrogen-bond acceptors (Lipinski definition) is 2. The number of hydrogen-bond donors (Lipinski definition) is 0. The molecule has 0 aliphatic heterocycles. The van der Waals surface area contributed by atoms with Crippen molar-refractivity contribution in [3.8, 4) is 0 Å². The second-order valence-electron chi connectivity index (χ2n) is 3.37. The topological polar surface area (TPSA) is 30.2 Å². The van der Waals surface area contributed by atoms with Crippen molar-refractivity contribution in [2.75, 3.05) is 0 Å². The van der Waals surface area contributed by atoms with Gasteiger partial charge in [-0.25, -0.2) is 18.3 Å². The van der Waals surface area contributed by atoms with Crippen LogP contribution in [-0.2, 0) is 0 Å². The SMILES string of the molecule is FC(F)C(=Cc1nc2ccccn2n1)C(F)(F)F. The molecular weight excluding hydrogens is 257 g/mol. The van der Waals surface area contributed by atoms with E-state index in [1.54, 1.807) is 12.1 Å². The molecule has 0 spiro atoms. The Morgan fingerprint density at radius 1 is 1.28 bits per heavy atom. The molecule has 0 fully saturated rings. The molecule has 96 valence electrons. The van der Waals surface area contributed by atoms with Crippen LogP contribution < -0.4 is 0 Å². The van der Waals surface area contributed by atoms with E-state index < -0.39 is 24.0 Å². The van der Waals surface area contributed by atoms with E-state index in [0.29, 0.717) is 0 Å². The lowest BCUT2D eigenvalue weighted by Crippen LogP contribution is -2.18. The lowest BCUT2D eigenvalue weighted by Gasteiger charge is -2.09. The first-order chi connectivity index (χ1) is 8.38. The highest BCUT2D eigenvalue weighted by molar-refractivity contribution is 5.51. The fourth-order valence-electron chi connectivity index (χ4n) is 1.32. The summed E-state index contributed by atoms with van der Waals surface area (Å²) in [7, 11) is 0. The summed E-state index contributed by atoms with van der Waals surface area (Å²) in [6.07, 6.45) is -7.03. The maximum absolute atomic E-state index is 12.3. The highest BCUT2D eigenvalue weighted by Gasteiger charge is 2.39. The zero-order valence-corrected chi connectivity index (χ0v) is 8.70. The van der Waals surface area contributed by atoms with Gasteiger partial charge in [0, 0.05) is 6.20 Å². The molecule has 0 aliphatic rings. The molecule has 2 heterocycles. The van der Waals surface area contributed by atoms with E-state index in [1.807, 2.05) is 0 Å². The smallest absolute Gasteiger partial charge is 0.221 e. The average Bonchev–Trinajstić information content (AvgIpc) is 2.66. The number of aromatic nitrogens is 3. The Labute approximate surface area is 97.6 Å². The van der Waals surface area contributed by atoms with Crippen LogP contribution in [0.15, 0.2) is 30.0 Å². The predicted octanol–water partition coefficient (Wildman–Crippen LogP) is 2.94. The molecule has 0 atom stereocenters. The van der Waals surface area contributed by atoms with Crippen LogP contribution in [0.2, 0.25) is 0 Å². The number of allylic oxidation sites excluding steroid dienone is 1. The van der Waals surface area contributed by atoms with E-state index in [4.69, 9.17) is 0 Å². The molecule has 0 bridgehead atoms. The molecule has 0 aliphatic carbocycles. The minimum atomic E-state index is -5.11. The zero-order chi connectivity index (χ0) is 13.3. The third-order valence-electron chi connectivity index (χ3n) is 2.10. The molecule has 0 amide bonds. The van der Waals surface area contributed by atoms with Gasteiger partial charge in [0.25, 0.3) is 6.43 Å². The molecule has 0 saturated heterocycles. The van der Waals surface area contributed by atoms with Crippen LogP contribution in [0.1, 0.15) is 5.82 Å². The summed E-state index contributed by atoms with van der Waals surface area (Å²) < 4.78 is 62.7. The minimum absolute atomic E-state index is 0.248. The second-order valence-corrected chi connectivity index (χ2v) is 3.37. The van der Waals surface area contributed by atoms with E-state index in [0.717, 1.165) is 0 Å². The molecule has 2 aromatic rings. The van der Waals surface area contributed by atoms with Crippen LogP contribution in [0.4, 0.5) is 22.0 Å². The molecule has 0 radical (unpaired) electrons. The van der Waals surface area contributed by atoms with Gasteiger partial charge in [0.15, 0.2) is 11.5 Å². The van der Waals surface area contributed by atoms with Crippen molar-refractivity contribution in [2.45, 2.75) is 12.6 Å². The summed E-state index contributed by atoms with van der Waals surface area (Å²) >= 11 is 0. The summed E-state index contributed by atoms with van der Waals surface area (Å²) in [5, 5.41) is 3.64. The average molecular weight is 263 g/mol. The Kier molecular flexibility index (Phi) is 3.02. The summed E-state index contributed by atoms with van der Waals surface area (Å²) in [6.45, 7) is 0. The fraction of sp³-hybridized carbons (Fsp3) is 0.200. The molecule has 0 unspecified atom stereocenters. The first-order valence-electron chi connectivity index (χ1n) is 4.76. The van der Waals surface area contributed by atoms with Crippen LogP contribution >= 0.6 is 0 Å². The highest BCUT2D eigenvalue weighted by Crippen LogP contribution is 2.31. The van der Waals surface area contributed by atoms with Crippen molar-refractivity contribution in [1.82, 2.24) is 14.6 Å². The van der Waals surface area contributed by atoms with Gasteiger partial charge in [-0.2, -0.15) is 13.2 Å². The lowest BCUT2D eigenvalue weighted by atomic mass is 10.2. The Bertz CT molecular complexity index is 551. The first-order valence-corrected chi connectivity index (χ1v) is 4.76. The normalized spacial score (nSPS) is 13.6. The van der Waals surface area contributed by atoms with Gasteiger partial charge in [0.05, 0.1) is 0 Å². The number of fused-ring (bicyclic) bond motifs is 1. The molecule has 8 heteroatoms. The van der Waals surface area contributed by atoms with Gasteiger partial charge >= 0.3 is 6.18 Å². The molecule has 18 heavy (non-hydrogen) atoms. The van der Waals surface area contributed by atoms with E-state index in [-0.39, 0.29) is 11.7 Å². The van der Waals surface area contributed by atoms with Gasteiger partial charge in [-0.3, -0.25) is 0 Å². The van der Waals surface area contributed by atoms with Gasteiger partial charge in [-0.1, -0.05) is 6.07 Å². The van der Waals surface area contributed by atoms with Crippen LogP contribution in [-0.4, -0.2) is 27.2 Å². The molecule has 2 aromatic heterocycles. The fourth-order valence-corrected chi connectivity index (χ4v) is 1.32. The molecule has 0 aromatic carbocycles. The van der Waals surface area contributed by atoms with Crippen molar-refractivity contribution in [1.29, 1.82) is 0 Å². The summed E-state index contributed by atoms with van der Waals surface area (Å²) in [6, 6.07) is 4.70. The van der Waals surface area contributed by atoms with Gasteiger partial charge in [-0.05, 0) is 18.2 Å². The Balaban J connectivity index is 2.47. The second kappa shape index (κ2) is 4.35. The summed E-state index contributed by atoms with van der Waals surface area (Å²) in [4.78, 5) is 3.69. The zero-order valence-electron chi connectivity index (χ0n) is 8.70. The van der Waals surface area contributed by atoms with Gasteiger partial charge in [-0.15, -0.1) is 5.10 Å². The van der Waals surface area contributed by atoms with Crippen molar-refractivity contribution in [3.63, 3.8) is 0 Å². The van der Waals surface area contributed by atoms with Crippen molar-refractivity contribution in [2.24, 2.45) is 0 Å². The van der Waals surface area contributed by atoms with Crippen molar-refractivity contribution >= 4 is 11.7 Å². The summed E-state index contributed by atoms with van der Waals surface area (Å²) in [5.74, 6) is -0.408. The quantitative estimate of drug-likeness (QED) is 0.780. The monoisotopic (exact) mass is 263 g/mol. The van der Waals surface area contributed by atoms with Gasteiger partial charge in [0.2, 0.25) is 0 Å². The lowest BCUT2D eigenvalue weighted by molar-refractivity contribution is -0.107. The maximum atomic E-state index is 12.3. The number of nitrogens with zero attached hydrogens (tertiary/aromatic N) is 3. The molecule has 3 nitrogen and oxygen atoms in total. The number of alkyl halides is 5. The van der Waals surface area contributed by atoms with E-state index in [9.17, 15) is 22.0 Å². The Morgan fingerprint density at radius 2 is 2.00 bits per heavy atom. The predicted molar refractivity (Wildman–Crippen MR) is 53.0 cm³/mol. The van der Waals surface area contributed by atoms with Crippen molar-refractivity contribution < 1.29 is 22.0 Å². The van der Waals surface area contributed by atoms with Crippen LogP contribution in [0, 0.1) is 0 Å². The number of pyridine rings is 1. The van der Waals surface area contributed by atoms with Crippen molar-refractivity contribution in [3.05, 3.63) is 35.8 Å². The van der Waals surface area contributed by atoms with Gasteiger partial charge < -0.3 is 0 Å². The maximum Gasteiger partial charge on any atom is 0.418 e. The molecule has 2 rings (SSSR count). The molecule has 0 N–H and O–H groups in total. The minimum Gasteiger partial charge on any atom is -0.221 e. The van der Waals surface area contributed by atoms with E-state index in [2.05, 4.69) is 10.1 Å². The third-order valence-corrected chi connectivity index (χ3v) is 2.10.